The van der Waals surface area contributed by atoms with Crippen LogP contribution in [0.4, 0.5) is 0 Å². The number of unbranched alkanes of at least 4 members (excludes halogenated alkanes) is 1. The molecule has 0 aliphatic carbocycles. The van der Waals surface area contributed by atoms with Gasteiger partial charge in [0.25, 0.3) is 5.91 Å². The predicted octanol–water partition coefficient (Wildman–Crippen LogP) is 2.35. The minimum Gasteiger partial charge on any atom is -0.385 e. The van der Waals surface area contributed by atoms with Crippen molar-refractivity contribution >= 4 is 17.5 Å². The van der Waals surface area contributed by atoms with Crippen LogP contribution in [0.3, 0.4) is 0 Å². The summed E-state index contributed by atoms with van der Waals surface area (Å²) in [7, 11) is 1.63. The van der Waals surface area contributed by atoms with E-state index in [1.54, 1.807) is 32.2 Å². The molecule has 2 aromatic rings. The molecule has 0 bridgehead atoms. The third-order valence-electron chi connectivity index (χ3n) is 3.46. The van der Waals surface area contributed by atoms with Crippen LogP contribution in [0.5, 0.6) is 0 Å². The normalized spacial score (nSPS) is 10.6. The number of carbonyl (C=O) groups is 1. The quantitative estimate of drug-likeness (QED) is 0.779. The fourth-order valence-electron chi connectivity index (χ4n) is 2.23. The van der Waals surface area contributed by atoms with Crippen LogP contribution < -0.4 is 10.7 Å². The van der Waals surface area contributed by atoms with Gasteiger partial charge in [-0.1, -0.05) is 23.7 Å². The summed E-state index contributed by atoms with van der Waals surface area (Å²) in [5.74, 6) is -0.488. The second-order valence-electron chi connectivity index (χ2n) is 5.32. The number of para-hydroxylation sites is 1. The van der Waals surface area contributed by atoms with Crippen molar-refractivity contribution in [1.82, 2.24) is 15.1 Å². The van der Waals surface area contributed by atoms with Gasteiger partial charge in [-0.15, -0.1) is 0 Å². The van der Waals surface area contributed by atoms with Gasteiger partial charge in [0.05, 0.1) is 10.7 Å². The van der Waals surface area contributed by atoms with Crippen molar-refractivity contribution in [3.63, 3.8) is 0 Å². The highest BCUT2D eigenvalue weighted by molar-refractivity contribution is 6.32. The molecule has 6 nitrogen and oxygen atoms in total. The van der Waals surface area contributed by atoms with Gasteiger partial charge in [0.1, 0.15) is 0 Å². The number of aromatic nitrogens is 2. The van der Waals surface area contributed by atoms with Crippen molar-refractivity contribution in [3.8, 4) is 5.69 Å². The van der Waals surface area contributed by atoms with E-state index in [0.717, 1.165) is 12.8 Å². The summed E-state index contributed by atoms with van der Waals surface area (Å²) in [6.07, 6.45) is 1.60. The van der Waals surface area contributed by atoms with Crippen LogP contribution in [-0.2, 0) is 4.74 Å². The highest BCUT2D eigenvalue weighted by Crippen LogP contribution is 2.19. The van der Waals surface area contributed by atoms with Gasteiger partial charge in [-0.25, -0.2) is 4.68 Å². The van der Waals surface area contributed by atoms with Gasteiger partial charge in [-0.05, 0) is 31.9 Å². The number of amides is 1. The molecule has 1 amide bonds. The number of rotatable bonds is 7. The Morgan fingerprint density at radius 1 is 1.33 bits per heavy atom. The van der Waals surface area contributed by atoms with Gasteiger partial charge >= 0.3 is 0 Å². The molecule has 128 valence electrons. The average molecular weight is 350 g/mol. The van der Waals surface area contributed by atoms with E-state index in [-0.39, 0.29) is 5.69 Å². The molecular formula is C17H20ClN3O3. The first-order valence-electron chi connectivity index (χ1n) is 7.67. The van der Waals surface area contributed by atoms with Crippen molar-refractivity contribution in [2.24, 2.45) is 0 Å². The Morgan fingerprint density at radius 2 is 2.08 bits per heavy atom. The highest BCUT2D eigenvalue weighted by Gasteiger charge is 2.15. The first-order chi connectivity index (χ1) is 11.5. The van der Waals surface area contributed by atoms with Crippen LogP contribution >= 0.6 is 11.6 Å². The van der Waals surface area contributed by atoms with Gasteiger partial charge < -0.3 is 10.1 Å². The summed E-state index contributed by atoms with van der Waals surface area (Å²) in [5.41, 5.74) is 0.660. The molecule has 0 fully saturated rings. The zero-order chi connectivity index (χ0) is 17.5. The largest absolute Gasteiger partial charge is 0.385 e. The number of carbonyl (C=O) groups excluding carboxylic acids is 1. The second-order valence-corrected chi connectivity index (χ2v) is 5.72. The Morgan fingerprint density at radius 3 is 2.79 bits per heavy atom. The SMILES string of the molecule is COCCCCNC(=O)c1nn(-c2ccccc2Cl)c(C)cc1=O. The minimum atomic E-state index is -0.488. The zero-order valence-corrected chi connectivity index (χ0v) is 14.5. The van der Waals surface area contributed by atoms with E-state index in [9.17, 15) is 9.59 Å². The van der Waals surface area contributed by atoms with E-state index in [2.05, 4.69) is 10.4 Å². The van der Waals surface area contributed by atoms with Crippen LogP contribution in [0, 0.1) is 6.92 Å². The van der Waals surface area contributed by atoms with Gasteiger partial charge in [-0.3, -0.25) is 9.59 Å². The molecule has 0 spiro atoms. The number of nitrogens with one attached hydrogen (secondary N) is 1. The van der Waals surface area contributed by atoms with E-state index in [1.165, 1.54) is 10.7 Å². The monoisotopic (exact) mass is 349 g/mol. The third-order valence-corrected chi connectivity index (χ3v) is 3.78. The van der Waals surface area contributed by atoms with Gasteiger partial charge in [-0.2, -0.15) is 5.10 Å². The molecule has 0 saturated carbocycles. The zero-order valence-electron chi connectivity index (χ0n) is 13.7. The van der Waals surface area contributed by atoms with Crippen molar-refractivity contribution in [3.05, 3.63) is 57.0 Å². The number of ether oxygens (including phenoxy) is 1. The molecule has 1 N–H and O–H groups in total. The Balaban J connectivity index is 2.22. The number of methoxy groups -OCH3 is 1. The smallest absolute Gasteiger partial charge is 0.275 e. The molecule has 7 heteroatoms. The number of benzene rings is 1. The van der Waals surface area contributed by atoms with Gasteiger partial charge in [0.15, 0.2) is 5.69 Å². The molecule has 0 radical (unpaired) electrons. The van der Waals surface area contributed by atoms with Crippen LogP contribution in [0.1, 0.15) is 29.0 Å². The number of halogens is 1. The molecule has 1 aromatic heterocycles. The maximum absolute atomic E-state index is 12.2. The van der Waals surface area contributed by atoms with Crippen molar-refractivity contribution in [2.75, 3.05) is 20.3 Å². The summed E-state index contributed by atoms with van der Waals surface area (Å²) in [6.45, 7) is 2.84. The van der Waals surface area contributed by atoms with Gasteiger partial charge in [0, 0.05) is 32.0 Å². The first kappa shape index (κ1) is 18.2. The Kier molecular flexibility index (Phi) is 6.52. The number of hydrogen-bond acceptors (Lipinski definition) is 4. The fraction of sp³-hybridized carbons (Fsp3) is 0.353. The third kappa shape index (κ3) is 4.43. The molecular weight excluding hydrogens is 330 g/mol. The Hall–Kier alpha value is -2.18. The lowest BCUT2D eigenvalue weighted by Gasteiger charge is -2.12. The number of aryl methyl sites for hydroxylation is 1. The number of nitrogens with zero attached hydrogens (tertiary/aromatic N) is 2. The molecule has 1 heterocycles. The lowest BCUT2D eigenvalue weighted by molar-refractivity contribution is 0.0943. The van der Waals surface area contributed by atoms with Crippen molar-refractivity contribution < 1.29 is 9.53 Å². The average Bonchev–Trinajstić information content (AvgIpc) is 2.55. The molecule has 0 unspecified atom stereocenters. The summed E-state index contributed by atoms with van der Waals surface area (Å²) in [4.78, 5) is 24.3. The minimum absolute atomic E-state index is 0.146. The lowest BCUT2D eigenvalue weighted by atomic mass is 10.2. The Labute approximate surface area is 145 Å². The standard InChI is InChI=1S/C17H20ClN3O3/c1-12-11-15(22)16(17(23)19-9-5-6-10-24-2)20-21(12)14-8-4-3-7-13(14)18/h3-4,7-8,11H,5-6,9-10H2,1-2H3,(H,19,23). The highest BCUT2D eigenvalue weighted by atomic mass is 35.5. The predicted molar refractivity (Wildman–Crippen MR) is 93.0 cm³/mol. The molecule has 0 saturated heterocycles. The van der Waals surface area contributed by atoms with E-state index in [4.69, 9.17) is 16.3 Å². The van der Waals surface area contributed by atoms with E-state index < -0.39 is 11.3 Å². The maximum Gasteiger partial charge on any atom is 0.275 e. The molecule has 2 rings (SSSR count). The molecule has 0 aliphatic rings. The lowest BCUT2D eigenvalue weighted by Crippen LogP contribution is -2.32. The number of hydrogen-bond donors (Lipinski definition) is 1. The van der Waals surface area contributed by atoms with Gasteiger partial charge in [0.2, 0.25) is 5.43 Å². The van der Waals surface area contributed by atoms with Crippen LogP contribution in [0.15, 0.2) is 35.1 Å². The summed E-state index contributed by atoms with van der Waals surface area (Å²) >= 11 is 6.18. The summed E-state index contributed by atoms with van der Waals surface area (Å²) in [5, 5.41) is 7.40. The van der Waals surface area contributed by atoms with Crippen LogP contribution in [0.2, 0.25) is 5.02 Å². The fourth-order valence-corrected chi connectivity index (χ4v) is 2.44. The summed E-state index contributed by atoms with van der Waals surface area (Å²) < 4.78 is 6.45. The van der Waals surface area contributed by atoms with E-state index in [1.807, 2.05) is 6.07 Å². The van der Waals surface area contributed by atoms with Crippen molar-refractivity contribution in [1.29, 1.82) is 0 Å². The van der Waals surface area contributed by atoms with Crippen LogP contribution in [-0.4, -0.2) is 35.9 Å². The summed E-state index contributed by atoms with van der Waals surface area (Å²) in [6, 6.07) is 8.51. The maximum atomic E-state index is 12.2. The molecule has 24 heavy (non-hydrogen) atoms. The molecule has 0 atom stereocenters. The Bertz CT molecular complexity index is 774. The molecule has 1 aromatic carbocycles. The first-order valence-corrected chi connectivity index (χ1v) is 8.05. The molecule has 0 aliphatic heterocycles. The van der Waals surface area contributed by atoms with Crippen molar-refractivity contribution in [2.45, 2.75) is 19.8 Å². The van der Waals surface area contributed by atoms with E-state index >= 15 is 0 Å². The van der Waals surface area contributed by atoms with E-state index in [0.29, 0.717) is 29.6 Å². The topological polar surface area (TPSA) is 73.2 Å². The van der Waals surface area contributed by atoms with Crippen LogP contribution in [0.25, 0.3) is 5.69 Å². The second kappa shape index (κ2) is 8.61.